The Bertz CT molecular complexity index is 1010. The number of carbonyl (C=O) groups excluding carboxylic acids is 1. The van der Waals surface area contributed by atoms with Crippen LogP contribution in [0.15, 0.2) is 30.6 Å². The van der Waals surface area contributed by atoms with Crippen molar-refractivity contribution in [2.75, 3.05) is 33.9 Å². The highest BCUT2D eigenvalue weighted by Gasteiger charge is 2.23. The number of H-pyrrole nitrogens is 1. The molecule has 8 nitrogen and oxygen atoms in total. The Morgan fingerprint density at radius 1 is 1.40 bits per heavy atom. The number of benzene rings is 1. The van der Waals surface area contributed by atoms with Crippen LogP contribution >= 0.6 is 11.3 Å². The lowest BCUT2D eigenvalue weighted by Crippen LogP contribution is -2.23. The molecule has 0 bridgehead atoms. The summed E-state index contributed by atoms with van der Waals surface area (Å²) in [4.78, 5) is 19.5. The average Bonchev–Trinajstić information content (AvgIpc) is 3.48. The molecule has 2 aliphatic rings. The van der Waals surface area contributed by atoms with E-state index in [0.717, 1.165) is 46.0 Å². The Hall–Kier alpha value is -2.75. The fourth-order valence-electron chi connectivity index (χ4n) is 3.55. The van der Waals surface area contributed by atoms with Crippen molar-refractivity contribution < 1.29 is 14.3 Å². The van der Waals surface area contributed by atoms with E-state index in [0.29, 0.717) is 17.7 Å². The molecule has 3 aromatic rings. The van der Waals surface area contributed by atoms with E-state index in [-0.39, 0.29) is 0 Å². The van der Waals surface area contributed by atoms with Crippen molar-refractivity contribution in [1.82, 2.24) is 20.1 Å². The zero-order valence-corrected chi connectivity index (χ0v) is 17.9. The fraction of sp³-hybridized carbons (Fsp3) is 0.381. The number of aromatic amines is 1. The highest BCUT2D eigenvalue weighted by atomic mass is 32.1. The molecule has 0 spiro atoms. The zero-order valence-electron chi connectivity index (χ0n) is 17.1. The van der Waals surface area contributed by atoms with Gasteiger partial charge < -0.3 is 20.1 Å². The first kappa shape index (κ1) is 20.5. The summed E-state index contributed by atoms with van der Waals surface area (Å²) in [6.45, 7) is 2.82. The number of thiazole rings is 1. The monoisotopic (exact) mass is 427 g/mol. The van der Waals surface area contributed by atoms with Gasteiger partial charge in [-0.15, -0.1) is 11.3 Å². The molecule has 0 amide bonds. The number of ether oxygens (including phenoxy) is 2. The van der Waals surface area contributed by atoms with Gasteiger partial charge in [-0.1, -0.05) is 6.07 Å². The van der Waals surface area contributed by atoms with Gasteiger partial charge in [-0.05, 0) is 37.7 Å². The first-order chi connectivity index (χ1) is 14.5. The standard InChI is InChI=1S/C16H13N3O3S.C5H12N2/c1-21-16(20)15-19-14-11-3-2-9(10-7-17-18-8-10)6-12(11)22-5-4-13(14)23-15;1-7-3-2-5(6)4-7/h2-3,6-8H,4-5H2,1H3,(H,17,18);5H,2-4,6H2,1H3. The van der Waals surface area contributed by atoms with Crippen molar-refractivity contribution >= 4 is 17.3 Å². The minimum absolute atomic E-state index is 0.379. The smallest absolute Gasteiger partial charge is 0.367 e. The molecule has 1 atom stereocenters. The van der Waals surface area contributed by atoms with Crippen LogP contribution in [-0.2, 0) is 11.2 Å². The van der Waals surface area contributed by atoms with E-state index in [1.54, 1.807) is 6.20 Å². The number of hydrogen-bond acceptors (Lipinski definition) is 8. The summed E-state index contributed by atoms with van der Waals surface area (Å²) in [6.07, 6.45) is 5.50. The summed E-state index contributed by atoms with van der Waals surface area (Å²) in [6, 6.07) is 6.40. The molecule has 5 rings (SSSR count). The maximum atomic E-state index is 11.7. The van der Waals surface area contributed by atoms with Crippen LogP contribution in [-0.4, -0.2) is 65.9 Å². The van der Waals surface area contributed by atoms with Crippen LogP contribution < -0.4 is 10.5 Å². The van der Waals surface area contributed by atoms with Gasteiger partial charge in [0.1, 0.15) is 5.75 Å². The number of likely N-dealkylation sites (tertiary alicyclic amines) is 1. The third-order valence-electron chi connectivity index (χ3n) is 5.14. The molecule has 2 aliphatic heterocycles. The van der Waals surface area contributed by atoms with Gasteiger partial charge in [0.2, 0.25) is 5.01 Å². The molecule has 30 heavy (non-hydrogen) atoms. The molecule has 0 saturated carbocycles. The molecule has 2 aromatic heterocycles. The summed E-state index contributed by atoms with van der Waals surface area (Å²) < 4.78 is 10.6. The third kappa shape index (κ3) is 4.38. The van der Waals surface area contributed by atoms with Gasteiger partial charge in [0.25, 0.3) is 0 Å². The number of hydrogen-bond donors (Lipinski definition) is 2. The van der Waals surface area contributed by atoms with Crippen LogP contribution in [0.1, 0.15) is 21.1 Å². The topological polar surface area (TPSA) is 106 Å². The number of carbonyl (C=O) groups is 1. The first-order valence-electron chi connectivity index (χ1n) is 9.83. The second-order valence-corrected chi connectivity index (χ2v) is 8.47. The van der Waals surface area contributed by atoms with Crippen molar-refractivity contribution in [2.24, 2.45) is 5.73 Å². The molecule has 0 radical (unpaired) electrons. The van der Waals surface area contributed by atoms with E-state index < -0.39 is 5.97 Å². The number of esters is 1. The van der Waals surface area contributed by atoms with Crippen molar-refractivity contribution in [3.8, 4) is 28.1 Å². The van der Waals surface area contributed by atoms with Crippen LogP contribution in [0, 0.1) is 0 Å². The highest BCUT2D eigenvalue weighted by Crippen LogP contribution is 2.39. The van der Waals surface area contributed by atoms with Crippen molar-refractivity contribution in [2.45, 2.75) is 18.9 Å². The number of fused-ring (bicyclic) bond motifs is 3. The zero-order chi connectivity index (χ0) is 21.1. The van der Waals surface area contributed by atoms with Crippen LogP contribution in [0.2, 0.25) is 0 Å². The summed E-state index contributed by atoms with van der Waals surface area (Å²) >= 11 is 1.37. The number of aromatic nitrogens is 3. The first-order valence-corrected chi connectivity index (χ1v) is 10.7. The third-order valence-corrected chi connectivity index (χ3v) is 6.24. The maximum absolute atomic E-state index is 11.7. The molecule has 1 saturated heterocycles. The fourth-order valence-corrected chi connectivity index (χ4v) is 4.53. The highest BCUT2D eigenvalue weighted by molar-refractivity contribution is 7.14. The Morgan fingerprint density at radius 3 is 2.90 bits per heavy atom. The van der Waals surface area contributed by atoms with E-state index in [1.807, 2.05) is 24.4 Å². The van der Waals surface area contributed by atoms with Crippen molar-refractivity contribution in [3.63, 3.8) is 0 Å². The Balaban J connectivity index is 0.000000265. The second-order valence-electron chi connectivity index (χ2n) is 7.39. The summed E-state index contributed by atoms with van der Waals surface area (Å²) in [5.41, 5.74) is 9.30. The van der Waals surface area contributed by atoms with Gasteiger partial charge in [0.15, 0.2) is 0 Å². The normalized spacial score (nSPS) is 17.8. The van der Waals surface area contributed by atoms with Gasteiger partial charge in [0, 0.05) is 41.2 Å². The minimum atomic E-state index is -0.402. The predicted octanol–water partition coefficient (Wildman–Crippen LogP) is 2.57. The van der Waals surface area contributed by atoms with Gasteiger partial charge >= 0.3 is 5.97 Å². The van der Waals surface area contributed by atoms with Gasteiger partial charge in [-0.25, -0.2) is 9.78 Å². The molecular formula is C21H25N5O3S. The van der Waals surface area contributed by atoms with E-state index in [2.05, 4.69) is 27.1 Å². The molecule has 4 heterocycles. The molecule has 0 aliphatic carbocycles. The van der Waals surface area contributed by atoms with E-state index >= 15 is 0 Å². The van der Waals surface area contributed by atoms with E-state index in [4.69, 9.17) is 15.2 Å². The Morgan fingerprint density at radius 2 is 2.27 bits per heavy atom. The van der Waals surface area contributed by atoms with Crippen molar-refractivity contribution in [3.05, 3.63) is 40.5 Å². The lowest BCUT2D eigenvalue weighted by Gasteiger charge is -2.08. The lowest BCUT2D eigenvalue weighted by atomic mass is 10.0. The summed E-state index contributed by atoms with van der Waals surface area (Å²) in [5, 5.41) is 7.15. The number of likely N-dealkylation sites (N-methyl/N-ethyl adjacent to an activating group) is 1. The average molecular weight is 428 g/mol. The van der Waals surface area contributed by atoms with Crippen LogP contribution in [0.3, 0.4) is 0 Å². The van der Waals surface area contributed by atoms with Crippen LogP contribution in [0.25, 0.3) is 22.4 Å². The molecule has 1 fully saturated rings. The molecule has 3 N–H and O–H groups in total. The number of methoxy groups -OCH3 is 1. The molecular weight excluding hydrogens is 402 g/mol. The predicted molar refractivity (Wildman–Crippen MR) is 116 cm³/mol. The number of nitrogens with one attached hydrogen (secondary N) is 1. The minimum Gasteiger partial charge on any atom is -0.492 e. The molecule has 1 aromatic carbocycles. The van der Waals surface area contributed by atoms with Gasteiger partial charge in [-0.2, -0.15) is 5.10 Å². The lowest BCUT2D eigenvalue weighted by molar-refractivity contribution is 0.0600. The van der Waals surface area contributed by atoms with Crippen molar-refractivity contribution in [1.29, 1.82) is 0 Å². The van der Waals surface area contributed by atoms with E-state index in [9.17, 15) is 4.79 Å². The van der Waals surface area contributed by atoms with E-state index in [1.165, 1.54) is 31.4 Å². The molecule has 9 heteroatoms. The SMILES string of the molecule is CN1CCC(N)C1.COC(=O)c1nc2c(s1)CCOc1cc(-c3cn[nH]c3)ccc1-2. The summed E-state index contributed by atoms with van der Waals surface area (Å²) in [5.74, 6) is 0.365. The Kier molecular flexibility index (Phi) is 6.12. The number of rotatable bonds is 2. The second kappa shape index (κ2) is 8.95. The van der Waals surface area contributed by atoms with Crippen LogP contribution in [0.4, 0.5) is 0 Å². The molecule has 1 unspecified atom stereocenters. The number of nitrogens with two attached hydrogens (primary N) is 1. The summed E-state index contributed by atoms with van der Waals surface area (Å²) in [7, 11) is 3.47. The quantitative estimate of drug-likeness (QED) is 0.606. The Labute approximate surface area is 179 Å². The maximum Gasteiger partial charge on any atom is 0.367 e. The molecule has 158 valence electrons. The largest absolute Gasteiger partial charge is 0.492 e. The number of nitrogens with zero attached hydrogens (tertiary/aromatic N) is 3. The van der Waals surface area contributed by atoms with Gasteiger partial charge in [0.05, 0.1) is 25.6 Å². The van der Waals surface area contributed by atoms with Crippen LogP contribution in [0.5, 0.6) is 5.75 Å². The van der Waals surface area contributed by atoms with Gasteiger partial charge in [-0.3, -0.25) is 5.10 Å².